The van der Waals surface area contributed by atoms with Crippen LogP contribution in [-0.2, 0) is 11.2 Å². The van der Waals surface area contributed by atoms with Crippen molar-refractivity contribution in [3.05, 3.63) is 94.2 Å². The number of amides is 1. The van der Waals surface area contributed by atoms with E-state index in [1.807, 2.05) is 30.3 Å². The Labute approximate surface area is 211 Å². The number of halogens is 2. The summed E-state index contributed by atoms with van der Waals surface area (Å²) >= 11 is 12.9. The minimum absolute atomic E-state index is 0.0676. The first kappa shape index (κ1) is 24.3. The summed E-state index contributed by atoms with van der Waals surface area (Å²) in [5.41, 5.74) is 3.61. The average molecular weight is 510 g/mol. The van der Waals surface area contributed by atoms with Crippen molar-refractivity contribution in [1.82, 2.24) is 9.55 Å². The van der Waals surface area contributed by atoms with Gasteiger partial charge in [0.15, 0.2) is 0 Å². The van der Waals surface area contributed by atoms with Crippen LogP contribution >= 0.6 is 23.2 Å². The van der Waals surface area contributed by atoms with Crippen LogP contribution < -0.4 is 14.8 Å². The van der Waals surface area contributed by atoms with Crippen LogP contribution in [0, 0.1) is 0 Å². The van der Waals surface area contributed by atoms with Gasteiger partial charge in [-0.15, -0.1) is 0 Å². The Morgan fingerprint density at radius 3 is 2.40 bits per heavy atom. The van der Waals surface area contributed by atoms with Gasteiger partial charge in [-0.05, 0) is 35.9 Å². The number of hydrogen-bond donors (Lipinski definition) is 1. The Balaban J connectivity index is 1.69. The Bertz CT molecular complexity index is 1430. The summed E-state index contributed by atoms with van der Waals surface area (Å²) in [4.78, 5) is 29.9. The normalized spacial score (nSPS) is 10.7. The van der Waals surface area contributed by atoms with Crippen molar-refractivity contribution < 1.29 is 19.1 Å². The summed E-state index contributed by atoms with van der Waals surface area (Å²) in [6.07, 6.45) is 3.31. The molecule has 0 aliphatic rings. The van der Waals surface area contributed by atoms with E-state index in [1.165, 1.54) is 30.9 Å². The van der Waals surface area contributed by atoms with E-state index in [4.69, 9.17) is 37.7 Å². The number of nitrogens with zero attached hydrogens (tertiary/aromatic N) is 2. The maximum atomic E-state index is 13.5. The first-order chi connectivity index (χ1) is 16.9. The van der Waals surface area contributed by atoms with Crippen LogP contribution in [0.25, 0.3) is 11.0 Å². The fourth-order valence-electron chi connectivity index (χ4n) is 3.71. The summed E-state index contributed by atoms with van der Waals surface area (Å²) in [6, 6.07) is 14.4. The van der Waals surface area contributed by atoms with Gasteiger partial charge in [0.25, 0.3) is 5.91 Å². The molecule has 4 aromatic rings. The van der Waals surface area contributed by atoms with Crippen molar-refractivity contribution in [1.29, 1.82) is 0 Å². The second-order valence-corrected chi connectivity index (χ2v) is 8.27. The molecule has 4 rings (SSSR count). The standard InChI is InChI=1S/C26H21Cl2N3O4/c1-4-22(32)30-17-8-6-5-7-15(17)13-16-9-10-19-18(29-16)11-12-31(19)26(33)23-24(27)20(34-2)14-21(35-3)25(23)28/h4-12,14H,1,13H2,2-3H3,(H,30,32). The Hall–Kier alpha value is -3.81. The SMILES string of the molecule is C=CC(=O)Nc1ccccc1Cc1ccc2c(ccn2C(=O)c2c(Cl)c(OC)cc(OC)c2Cl)n1. The quantitative estimate of drug-likeness (QED) is 0.320. The highest BCUT2D eigenvalue weighted by Crippen LogP contribution is 2.41. The lowest BCUT2D eigenvalue weighted by molar-refractivity contribution is -0.111. The highest BCUT2D eigenvalue weighted by molar-refractivity contribution is 6.41. The number of benzene rings is 2. The van der Waals surface area contributed by atoms with Gasteiger partial charge in [0, 0.05) is 30.1 Å². The van der Waals surface area contributed by atoms with E-state index in [-0.39, 0.29) is 33.0 Å². The number of carbonyl (C=O) groups excluding carboxylic acids is 2. The molecule has 1 amide bonds. The first-order valence-electron chi connectivity index (χ1n) is 10.5. The Morgan fingerprint density at radius 2 is 1.74 bits per heavy atom. The monoisotopic (exact) mass is 509 g/mol. The van der Waals surface area contributed by atoms with Crippen molar-refractivity contribution >= 4 is 51.7 Å². The molecule has 0 saturated carbocycles. The van der Waals surface area contributed by atoms with Gasteiger partial charge in [-0.25, -0.2) is 0 Å². The average Bonchev–Trinajstić information content (AvgIpc) is 3.28. The molecule has 0 saturated heterocycles. The molecule has 0 fully saturated rings. The van der Waals surface area contributed by atoms with E-state index < -0.39 is 5.91 Å². The minimum atomic E-state index is -0.445. The van der Waals surface area contributed by atoms with Crippen LogP contribution in [0.5, 0.6) is 11.5 Å². The molecule has 2 aromatic heterocycles. The third kappa shape index (κ3) is 4.73. The number of carbonyl (C=O) groups is 2. The molecule has 2 heterocycles. The van der Waals surface area contributed by atoms with E-state index in [0.29, 0.717) is 23.1 Å². The molecule has 0 atom stereocenters. The third-order valence-electron chi connectivity index (χ3n) is 5.44. The predicted octanol–water partition coefficient (Wildman–Crippen LogP) is 5.76. The first-order valence-corrected chi connectivity index (χ1v) is 11.3. The largest absolute Gasteiger partial charge is 0.495 e. The van der Waals surface area contributed by atoms with E-state index in [0.717, 1.165) is 11.3 Å². The summed E-state index contributed by atoms with van der Waals surface area (Å²) in [5.74, 6) is -0.187. The molecule has 2 aromatic carbocycles. The molecule has 35 heavy (non-hydrogen) atoms. The maximum Gasteiger partial charge on any atom is 0.265 e. The number of fused-ring (bicyclic) bond motifs is 1. The Kier molecular flexibility index (Phi) is 7.10. The number of pyridine rings is 1. The summed E-state index contributed by atoms with van der Waals surface area (Å²) in [5, 5.41) is 2.99. The van der Waals surface area contributed by atoms with Crippen LogP contribution in [0.2, 0.25) is 10.0 Å². The van der Waals surface area contributed by atoms with Crippen molar-refractivity contribution in [2.24, 2.45) is 0 Å². The number of para-hydroxylation sites is 1. The van der Waals surface area contributed by atoms with Gasteiger partial charge in [0.1, 0.15) is 11.5 Å². The number of aromatic nitrogens is 2. The predicted molar refractivity (Wildman–Crippen MR) is 137 cm³/mol. The molecule has 0 spiro atoms. The molecule has 0 aliphatic heterocycles. The molecule has 0 bridgehead atoms. The molecule has 0 unspecified atom stereocenters. The summed E-state index contributed by atoms with van der Waals surface area (Å²) < 4.78 is 12.0. The van der Waals surface area contributed by atoms with Gasteiger partial charge in [-0.1, -0.05) is 48.0 Å². The zero-order valence-electron chi connectivity index (χ0n) is 19.0. The minimum Gasteiger partial charge on any atom is -0.495 e. The smallest absolute Gasteiger partial charge is 0.265 e. The molecular formula is C26H21Cl2N3O4. The number of anilines is 1. The highest BCUT2D eigenvalue weighted by Gasteiger charge is 2.25. The zero-order valence-corrected chi connectivity index (χ0v) is 20.5. The second-order valence-electron chi connectivity index (χ2n) is 7.51. The third-order valence-corrected chi connectivity index (χ3v) is 6.19. The topological polar surface area (TPSA) is 82.5 Å². The summed E-state index contributed by atoms with van der Waals surface area (Å²) in [6.45, 7) is 3.49. The molecule has 178 valence electrons. The molecule has 1 N–H and O–H groups in total. The molecule has 0 aliphatic carbocycles. The van der Waals surface area contributed by atoms with E-state index in [9.17, 15) is 9.59 Å². The van der Waals surface area contributed by atoms with Crippen LogP contribution in [0.15, 0.2) is 67.4 Å². The fraction of sp³-hybridized carbons (Fsp3) is 0.115. The summed E-state index contributed by atoms with van der Waals surface area (Å²) in [7, 11) is 2.89. The maximum absolute atomic E-state index is 13.5. The number of nitrogens with one attached hydrogen (secondary N) is 1. The lowest BCUT2D eigenvalue weighted by Gasteiger charge is -2.14. The fourth-order valence-corrected chi connectivity index (χ4v) is 4.37. The van der Waals surface area contributed by atoms with Gasteiger partial charge in [-0.2, -0.15) is 0 Å². The Morgan fingerprint density at radius 1 is 1.06 bits per heavy atom. The van der Waals surface area contributed by atoms with Crippen molar-refractivity contribution in [3.8, 4) is 11.5 Å². The van der Waals surface area contributed by atoms with Crippen LogP contribution in [0.1, 0.15) is 21.6 Å². The number of ether oxygens (including phenoxy) is 2. The molecule has 0 radical (unpaired) electrons. The van der Waals surface area contributed by atoms with Gasteiger partial charge in [0.05, 0.1) is 40.9 Å². The van der Waals surface area contributed by atoms with Crippen LogP contribution in [0.3, 0.4) is 0 Å². The molecule has 9 heteroatoms. The lowest BCUT2D eigenvalue weighted by atomic mass is 10.1. The van der Waals surface area contributed by atoms with E-state index >= 15 is 0 Å². The van der Waals surface area contributed by atoms with E-state index in [2.05, 4.69) is 11.9 Å². The van der Waals surface area contributed by atoms with Gasteiger partial charge in [-0.3, -0.25) is 19.1 Å². The van der Waals surface area contributed by atoms with Crippen molar-refractivity contribution in [2.45, 2.75) is 6.42 Å². The number of hydrogen-bond acceptors (Lipinski definition) is 5. The van der Waals surface area contributed by atoms with E-state index in [1.54, 1.807) is 18.3 Å². The zero-order chi connectivity index (χ0) is 25.1. The highest BCUT2D eigenvalue weighted by atomic mass is 35.5. The van der Waals surface area contributed by atoms with Gasteiger partial charge >= 0.3 is 0 Å². The second kappa shape index (κ2) is 10.2. The van der Waals surface area contributed by atoms with Crippen molar-refractivity contribution in [2.75, 3.05) is 19.5 Å². The van der Waals surface area contributed by atoms with Gasteiger partial charge in [0.2, 0.25) is 5.91 Å². The van der Waals surface area contributed by atoms with Crippen molar-refractivity contribution in [3.63, 3.8) is 0 Å². The number of rotatable bonds is 7. The lowest BCUT2D eigenvalue weighted by Crippen LogP contribution is -2.13. The molecule has 7 nitrogen and oxygen atoms in total. The number of methoxy groups -OCH3 is 2. The van der Waals surface area contributed by atoms with Crippen LogP contribution in [0.4, 0.5) is 5.69 Å². The van der Waals surface area contributed by atoms with Crippen LogP contribution in [-0.4, -0.2) is 35.6 Å². The van der Waals surface area contributed by atoms with Gasteiger partial charge < -0.3 is 14.8 Å². The molecular weight excluding hydrogens is 489 g/mol.